The quantitative estimate of drug-likeness (QED) is 0.915. The lowest BCUT2D eigenvalue weighted by Crippen LogP contribution is -2.02. The van der Waals surface area contributed by atoms with E-state index in [1.807, 2.05) is 18.2 Å². The minimum atomic E-state index is 0.469. The maximum atomic E-state index is 5.65. The summed E-state index contributed by atoms with van der Waals surface area (Å²) in [6, 6.07) is 6.57. The predicted molar refractivity (Wildman–Crippen MR) is 76.5 cm³/mol. The molecular weight excluding hydrogens is 270 g/mol. The first-order chi connectivity index (χ1) is 9.85. The molecule has 0 bridgehead atoms. The van der Waals surface area contributed by atoms with Crippen LogP contribution in [0.4, 0.5) is 0 Å². The van der Waals surface area contributed by atoms with Gasteiger partial charge in [-0.05, 0) is 49.6 Å². The van der Waals surface area contributed by atoms with Crippen LogP contribution in [0.25, 0.3) is 0 Å². The van der Waals surface area contributed by atoms with Crippen LogP contribution >= 0.6 is 11.8 Å². The van der Waals surface area contributed by atoms with Gasteiger partial charge in [0, 0.05) is 18.5 Å². The Labute approximate surface area is 122 Å². The molecule has 2 aromatic heterocycles. The number of nitrogens with two attached hydrogens (primary N) is 1. The summed E-state index contributed by atoms with van der Waals surface area (Å²) in [5, 5.41) is 10.7. The Bertz CT molecular complexity index is 630. The van der Waals surface area contributed by atoms with Crippen molar-refractivity contribution in [2.75, 3.05) is 0 Å². The lowest BCUT2D eigenvalue weighted by atomic mass is 10.4. The van der Waals surface area contributed by atoms with Crippen molar-refractivity contribution in [2.45, 2.75) is 54.4 Å². The monoisotopic (exact) mass is 287 g/mol. The highest BCUT2D eigenvalue weighted by Gasteiger charge is 2.36. The number of rotatable bonds is 5. The summed E-state index contributed by atoms with van der Waals surface area (Å²) >= 11 is 1.60. The van der Waals surface area contributed by atoms with Gasteiger partial charge in [-0.1, -0.05) is 6.07 Å². The van der Waals surface area contributed by atoms with Gasteiger partial charge in [-0.15, -0.1) is 10.2 Å². The zero-order valence-corrected chi connectivity index (χ0v) is 12.0. The fourth-order valence-corrected chi connectivity index (χ4v) is 3.29. The lowest BCUT2D eigenvalue weighted by Gasteiger charge is -2.08. The molecule has 2 aromatic rings. The molecule has 2 fully saturated rings. The molecule has 2 heterocycles. The molecule has 0 unspecified atom stereocenters. The van der Waals surface area contributed by atoms with E-state index in [1.165, 1.54) is 31.5 Å². The number of hydrogen-bond acceptors (Lipinski definition) is 5. The highest BCUT2D eigenvalue weighted by atomic mass is 32.2. The highest BCUT2D eigenvalue weighted by molar-refractivity contribution is 7.99. The van der Waals surface area contributed by atoms with E-state index in [2.05, 4.69) is 19.7 Å². The van der Waals surface area contributed by atoms with Crippen LogP contribution in [0.15, 0.2) is 28.4 Å². The molecule has 0 radical (unpaired) electrons. The predicted octanol–water partition coefficient (Wildman–Crippen LogP) is 2.50. The fourth-order valence-electron chi connectivity index (χ4n) is 2.38. The van der Waals surface area contributed by atoms with E-state index in [1.54, 1.807) is 11.8 Å². The Morgan fingerprint density at radius 1 is 1.20 bits per heavy atom. The summed E-state index contributed by atoms with van der Waals surface area (Å²) in [7, 11) is 0. The van der Waals surface area contributed by atoms with Crippen LogP contribution in [0.1, 0.15) is 49.2 Å². The zero-order valence-electron chi connectivity index (χ0n) is 11.2. The van der Waals surface area contributed by atoms with E-state index < -0.39 is 0 Å². The van der Waals surface area contributed by atoms with Gasteiger partial charge >= 0.3 is 0 Å². The third-order valence-corrected chi connectivity index (χ3v) is 4.63. The van der Waals surface area contributed by atoms with Gasteiger partial charge in [0.05, 0.1) is 5.69 Å². The largest absolute Gasteiger partial charge is 0.325 e. The molecule has 104 valence electrons. The average molecular weight is 287 g/mol. The van der Waals surface area contributed by atoms with E-state index in [9.17, 15) is 0 Å². The van der Waals surface area contributed by atoms with Crippen molar-refractivity contribution in [1.82, 2.24) is 19.7 Å². The first-order valence-corrected chi connectivity index (χ1v) is 7.95. The van der Waals surface area contributed by atoms with Gasteiger partial charge in [0.15, 0.2) is 5.16 Å². The lowest BCUT2D eigenvalue weighted by molar-refractivity contribution is 0.626. The van der Waals surface area contributed by atoms with Crippen molar-refractivity contribution >= 4 is 11.8 Å². The summed E-state index contributed by atoms with van der Waals surface area (Å²) < 4.78 is 2.35. The molecule has 5 nitrogen and oxygen atoms in total. The minimum Gasteiger partial charge on any atom is -0.325 e. The Morgan fingerprint density at radius 3 is 2.75 bits per heavy atom. The second-order valence-corrected chi connectivity index (χ2v) is 6.48. The van der Waals surface area contributed by atoms with Crippen molar-refractivity contribution in [1.29, 1.82) is 0 Å². The normalized spacial score (nSPS) is 18.4. The molecule has 0 aliphatic heterocycles. The van der Waals surface area contributed by atoms with Crippen LogP contribution in [-0.4, -0.2) is 19.7 Å². The van der Waals surface area contributed by atoms with Crippen LogP contribution < -0.4 is 5.73 Å². The van der Waals surface area contributed by atoms with E-state index >= 15 is 0 Å². The summed E-state index contributed by atoms with van der Waals surface area (Å²) in [4.78, 5) is 4.53. The summed E-state index contributed by atoms with van der Waals surface area (Å²) in [5.41, 5.74) is 6.56. The molecule has 0 amide bonds. The minimum absolute atomic E-state index is 0.469. The van der Waals surface area contributed by atoms with Gasteiger partial charge in [-0.3, -0.25) is 0 Å². The fraction of sp³-hybridized carbons (Fsp3) is 0.500. The van der Waals surface area contributed by atoms with E-state index in [0.29, 0.717) is 18.5 Å². The standard InChI is InChI=1S/C14H17N5S/c15-8-10-2-1-3-12(16-10)20-14-18-17-13(9-4-5-9)19(14)11-6-7-11/h1-3,9,11H,4-8,15H2. The van der Waals surface area contributed by atoms with Crippen LogP contribution in [0, 0.1) is 0 Å². The molecule has 2 saturated carbocycles. The number of aromatic nitrogens is 4. The van der Waals surface area contributed by atoms with Gasteiger partial charge in [0.1, 0.15) is 10.9 Å². The Hall–Kier alpha value is -1.40. The second-order valence-electron chi connectivity index (χ2n) is 5.49. The van der Waals surface area contributed by atoms with Crippen molar-refractivity contribution in [3.63, 3.8) is 0 Å². The molecule has 0 aromatic carbocycles. The molecule has 0 saturated heterocycles. The molecule has 0 spiro atoms. The third-order valence-electron chi connectivity index (χ3n) is 3.73. The van der Waals surface area contributed by atoms with E-state index in [0.717, 1.165) is 15.9 Å². The highest BCUT2D eigenvalue weighted by Crippen LogP contribution is 2.46. The SMILES string of the molecule is NCc1cccc(Sc2nnc(C3CC3)n2C2CC2)n1. The van der Waals surface area contributed by atoms with Crippen molar-refractivity contribution < 1.29 is 0 Å². The van der Waals surface area contributed by atoms with E-state index in [-0.39, 0.29) is 0 Å². The Balaban J connectivity index is 1.64. The Kier molecular flexibility index (Phi) is 3.00. The topological polar surface area (TPSA) is 69.6 Å². The molecule has 4 rings (SSSR count). The molecule has 2 aliphatic rings. The van der Waals surface area contributed by atoms with Gasteiger partial charge < -0.3 is 10.3 Å². The molecule has 6 heteroatoms. The maximum Gasteiger partial charge on any atom is 0.197 e. The van der Waals surface area contributed by atoms with Gasteiger partial charge in [0.25, 0.3) is 0 Å². The molecular formula is C14H17N5S. The van der Waals surface area contributed by atoms with Crippen molar-refractivity contribution in [3.05, 3.63) is 29.7 Å². The van der Waals surface area contributed by atoms with Crippen LogP contribution in [0.2, 0.25) is 0 Å². The second kappa shape index (κ2) is 4.86. The van der Waals surface area contributed by atoms with Gasteiger partial charge in [0.2, 0.25) is 0 Å². The third kappa shape index (κ3) is 2.33. The van der Waals surface area contributed by atoms with E-state index in [4.69, 9.17) is 5.73 Å². The summed E-state index contributed by atoms with van der Waals surface area (Å²) in [5.74, 6) is 1.82. The number of hydrogen-bond donors (Lipinski definition) is 1. The van der Waals surface area contributed by atoms with Crippen LogP contribution in [0.3, 0.4) is 0 Å². The van der Waals surface area contributed by atoms with Gasteiger partial charge in [-0.2, -0.15) is 0 Å². The average Bonchev–Trinajstić information content (AvgIpc) is 3.38. The first-order valence-electron chi connectivity index (χ1n) is 7.14. The molecule has 20 heavy (non-hydrogen) atoms. The number of pyridine rings is 1. The summed E-state index contributed by atoms with van der Waals surface area (Å²) in [6.45, 7) is 0.469. The zero-order chi connectivity index (χ0) is 13.5. The smallest absolute Gasteiger partial charge is 0.197 e. The Morgan fingerprint density at radius 2 is 2.05 bits per heavy atom. The van der Waals surface area contributed by atoms with Crippen LogP contribution in [-0.2, 0) is 6.54 Å². The molecule has 0 atom stereocenters. The van der Waals surface area contributed by atoms with Crippen molar-refractivity contribution in [3.8, 4) is 0 Å². The summed E-state index contributed by atoms with van der Waals surface area (Å²) in [6.07, 6.45) is 5.02. The van der Waals surface area contributed by atoms with Gasteiger partial charge in [-0.25, -0.2) is 4.98 Å². The maximum absolute atomic E-state index is 5.65. The first kappa shape index (κ1) is 12.3. The molecule has 2 N–H and O–H groups in total. The molecule has 2 aliphatic carbocycles. The number of nitrogens with zero attached hydrogens (tertiary/aromatic N) is 4. The van der Waals surface area contributed by atoms with Crippen molar-refractivity contribution in [2.24, 2.45) is 5.73 Å². The van der Waals surface area contributed by atoms with Crippen LogP contribution in [0.5, 0.6) is 0 Å².